The Labute approximate surface area is 514 Å². The number of aryl methyl sites for hydroxylation is 2. The minimum atomic E-state index is 0. The fourth-order valence-electron chi connectivity index (χ4n) is 12.2. The minimum Gasteiger partial charge on any atom is -0.348 e. The first kappa shape index (κ1) is 75.8. The SMILES string of the molecule is CCCCCCCCCCCCCCCCCCCCCCCCCCCCC=CC(C(=C=[N+]=[N-])CCCC)=C(c1cccc(CCCCCC)c1)c1cccc(CCCCCCCCCCCCCCCCCCCCC)c1.[Pd]. The van der Waals surface area contributed by atoms with Crippen molar-refractivity contribution in [2.75, 3.05) is 0 Å². The van der Waals surface area contributed by atoms with Crippen molar-refractivity contribution in [1.29, 1.82) is 0 Å². The summed E-state index contributed by atoms with van der Waals surface area (Å²) < 4.78 is 0. The van der Waals surface area contributed by atoms with E-state index in [9.17, 15) is 5.53 Å². The molecular formula is C77H132N2Pd. The summed E-state index contributed by atoms with van der Waals surface area (Å²) in [5.41, 5.74) is 18.9. The Kier molecular flexibility index (Phi) is 56.7. The molecule has 0 saturated carbocycles. The first-order chi connectivity index (χ1) is 39.2. The van der Waals surface area contributed by atoms with Crippen LogP contribution in [0.15, 0.2) is 71.8 Å². The summed E-state index contributed by atoms with van der Waals surface area (Å²) in [5.74, 6) is 3.11. The summed E-state index contributed by atoms with van der Waals surface area (Å²) in [6, 6.07) is 18.8. The van der Waals surface area contributed by atoms with Gasteiger partial charge in [0.2, 0.25) is 0 Å². The van der Waals surface area contributed by atoms with Crippen LogP contribution in [0.25, 0.3) is 11.1 Å². The molecule has 0 unspecified atom stereocenters. The second-order valence-electron chi connectivity index (χ2n) is 24.9. The maximum atomic E-state index is 10.0. The zero-order chi connectivity index (χ0) is 56.4. The number of hydrogen-bond donors (Lipinski definition) is 0. The van der Waals surface area contributed by atoms with E-state index in [1.54, 1.807) is 0 Å². The van der Waals surface area contributed by atoms with Gasteiger partial charge in [-0.1, -0.05) is 390 Å². The molecule has 460 valence electrons. The van der Waals surface area contributed by atoms with Crippen LogP contribution >= 0.6 is 0 Å². The molecule has 0 aromatic heterocycles. The monoisotopic (exact) mass is 1190 g/mol. The van der Waals surface area contributed by atoms with Crippen LogP contribution in [0.2, 0.25) is 0 Å². The van der Waals surface area contributed by atoms with Crippen LogP contribution in [0.4, 0.5) is 0 Å². The molecule has 2 nitrogen and oxygen atoms in total. The predicted molar refractivity (Wildman–Crippen MR) is 355 cm³/mol. The van der Waals surface area contributed by atoms with Gasteiger partial charge in [-0.15, -0.1) is 4.79 Å². The topological polar surface area (TPSA) is 36.4 Å². The second kappa shape index (κ2) is 59.9. The van der Waals surface area contributed by atoms with Crippen molar-refractivity contribution in [2.24, 2.45) is 0 Å². The van der Waals surface area contributed by atoms with E-state index in [2.05, 4.69) is 99.0 Å². The number of benzene rings is 2. The molecule has 0 heterocycles. The van der Waals surface area contributed by atoms with Crippen LogP contribution in [0.1, 0.15) is 390 Å². The van der Waals surface area contributed by atoms with Crippen LogP contribution < -0.4 is 0 Å². The van der Waals surface area contributed by atoms with Gasteiger partial charge in [0, 0.05) is 26.0 Å². The van der Waals surface area contributed by atoms with Crippen molar-refractivity contribution in [3.63, 3.8) is 0 Å². The number of unbranched alkanes of at least 4 members (excludes halogenated alkanes) is 48. The van der Waals surface area contributed by atoms with Crippen molar-refractivity contribution in [3.05, 3.63) is 99.6 Å². The molecule has 0 amide bonds. The van der Waals surface area contributed by atoms with E-state index >= 15 is 0 Å². The predicted octanol–water partition coefficient (Wildman–Crippen LogP) is 26.7. The van der Waals surface area contributed by atoms with Gasteiger partial charge in [0.25, 0.3) is 0 Å². The Hall–Kier alpha value is -2.26. The summed E-state index contributed by atoms with van der Waals surface area (Å²) in [6.07, 6.45) is 80.1. The van der Waals surface area contributed by atoms with E-state index in [0.29, 0.717) is 0 Å². The molecule has 2 aromatic rings. The third-order valence-electron chi connectivity index (χ3n) is 17.4. The third kappa shape index (κ3) is 44.3. The van der Waals surface area contributed by atoms with E-state index in [1.807, 2.05) is 0 Å². The van der Waals surface area contributed by atoms with Crippen LogP contribution in [-0.2, 0) is 33.3 Å². The fourth-order valence-corrected chi connectivity index (χ4v) is 12.2. The quantitative estimate of drug-likeness (QED) is 0.0158. The van der Waals surface area contributed by atoms with E-state index in [4.69, 9.17) is 0 Å². The molecule has 0 saturated heterocycles. The molecule has 0 radical (unpaired) electrons. The van der Waals surface area contributed by atoms with Gasteiger partial charge in [-0.2, -0.15) is 0 Å². The van der Waals surface area contributed by atoms with E-state index < -0.39 is 0 Å². The van der Waals surface area contributed by atoms with E-state index in [-0.39, 0.29) is 20.4 Å². The van der Waals surface area contributed by atoms with Gasteiger partial charge >= 0.3 is 5.87 Å². The molecule has 0 aliphatic carbocycles. The number of allylic oxidation sites excluding steroid dienone is 4. The Balaban J connectivity index is 0.0000320. The molecule has 0 N–H and O–H groups in total. The van der Waals surface area contributed by atoms with Gasteiger partial charge in [-0.3, -0.25) is 0 Å². The Morgan fingerprint density at radius 3 is 0.938 bits per heavy atom. The second-order valence-corrected chi connectivity index (χ2v) is 24.9. The Morgan fingerprint density at radius 2 is 0.637 bits per heavy atom. The average Bonchev–Trinajstić information content (AvgIpc) is 3.52. The first-order valence-corrected chi connectivity index (χ1v) is 35.7. The maximum Gasteiger partial charge on any atom is 0.303 e. The fraction of sp³-hybridized carbons (Fsp3) is 0.766. The van der Waals surface area contributed by atoms with Crippen molar-refractivity contribution in [1.82, 2.24) is 0 Å². The Morgan fingerprint density at radius 1 is 0.362 bits per heavy atom. The molecule has 80 heavy (non-hydrogen) atoms. The Bertz CT molecular complexity index is 1790. The van der Waals surface area contributed by atoms with Gasteiger partial charge in [-0.25, -0.2) is 0 Å². The summed E-state index contributed by atoms with van der Waals surface area (Å²) in [7, 11) is 0. The van der Waals surface area contributed by atoms with Crippen molar-refractivity contribution in [2.45, 2.75) is 381 Å². The molecule has 0 spiro atoms. The number of hydrogen-bond acceptors (Lipinski definition) is 0. The summed E-state index contributed by atoms with van der Waals surface area (Å²) in [5, 5.41) is 0. The largest absolute Gasteiger partial charge is 0.348 e. The maximum absolute atomic E-state index is 10.0. The van der Waals surface area contributed by atoms with Gasteiger partial charge in [0.05, 0.1) is 5.57 Å². The molecule has 3 heteroatoms. The molecular weight excluding hydrogens is 1060 g/mol. The van der Waals surface area contributed by atoms with Crippen LogP contribution in [0.5, 0.6) is 0 Å². The van der Waals surface area contributed by atoms with Gasteiger partial charge in [0.15, 0.2) is 0 Å². The summed E-state index contributed by atoms with van der Waals surface area (Å²) in [6.45, 7) is 9.17. The molecule has 2 aromatic carbocycles. The molecule has 0 aliphatic heterocycles. The third-order valence-corrected chi connectivity index (χ3v) is 17.4. The average molecular weight is 1190 g/mol. The van der Waals surface area contributed by atoms with E-state index in [0.717, 1.165) is 44.1 Å². The van der Waals surface area contributed by atoms with E-state index in [1.165, 1.54) is 348 Å². The number of rotatable bonds is 59. The van der Waals surface area contributed by atoms with Crippen LogP contribution in [-0.4, -0.2) is 10.7 Å². The van der Waals surface area contributed by atoms with Crippen LogP contribution in [0.3, 0.4) is 0 Å². The van der Waals surface area contributed by atoms with Crippen molar-refractivity contribution >= 4 is 11.4 Å². The van der Waals surface area contributed by atoms with Crippen molar-refractivity contribution < 1.29 is 25.2 Å². The summed E-state index contributed by atoms with van der Waals surface area (Å²) in [4.78, 5) is 3.58. The number of nitrogens with zero attached hydrogens (tertiary/aromatic N) is 2. The standard InChI is InChI=1S/C77H132N2.Pd/c1-5-9-13-16-18-20-22-24-26-28-30-31-32-33-34-35-36-37-38-40-42-44-46-48-50-52-54-57-67-76(75(70-79-78)64-12-8-4)77(73-65-58-62-71(68-73)60-55-15-11-7-3)74-66-59-63-72(69-74)61-56-53-51-49-47-45-43-41-39-29-27-25-23-21-19-17-14-10-6-2;/h57-59,62-63,65-69H,5-56,60-61,64H2,1-4H3;. The normalized spacial score (nSPS) is 11.8. The minimum absolute atomic E-state index is 0. The smallest absolute Gasteiger partial charge is 0.303 e. The van der Waals surface area contributed by atoms with Crippen LogP contribution in [0, 0.1) is 0 Å². The summed E-state index contributed by atoms with van der Waals surface area (Å²) >= 11 is 0. The molecule has 0 bridgehead atoms. The zero-order valence-electron chi connectivity index (χ0n) is 53.9. The first-order valence-electron chi connectivity index (χ1n) is 35.7. The van der Waals surface area contributed by atoms with Gasteiger partial charge in [0.1, 0.15) is 0 Å². The molecule has 2 rings (SSSR count). The van der Waals surface area contributed by atoms with Gasteiger partial charge < -0.3 is 5.53 Å². The molecule has 0 aliphatic rings. The van der Waals surface area contributed by atoms with Crippen molar-refractivity contribution in [3.8, 4) is 0 Å². The molecule has 0 atom stereocenters. The zero-order valence-corrected chi connectivity index (χ0v) is 55.4. The molecule has 0 fully saturated rings. The van der Waals surface area contributed by atoms with Gasteiger partial charge in [-0.05, 0) is 79.2 Å².